The zero-order chi connectivity index (χ0) is 21.1. The van der Waals surface area contributed by atoms with Crippen molar-refractivity contribution < 1.29 is 4.79 Å². The first-order valence-electron chi connectivity index (χ1n) is 10.1. The molecule has 0 unspecified atom stereocenters. The lowest BCUT2D eigenvalue weighted by Gasteiger charge is -2.33. The van der Waals surface area contributed by atoms with Gasteiger partial charge in [-0.2, -0.15) is 0 Å². The van der Waals surface area contributed by atoms with Crippen molar-refractivity contribution in [2.24, 2.45) is 0 Å². The minimum atomic E-state index is -0.279. The number of nitrogens with zero attached hydrogens (tertiary/aromatic N) is 3. The number of benzene rings is 2. The summed E-state index contributed by atoms with van der Waals surface area (Å²) < 4.78 is 1.76. The fraction of sp³-hybridized carbons (Fsp3) is 0.318. The number of carbonyl (C=O) groups is 1. The standard InChI is InChI=1S/C22H24ClN5O2/c1-2-28-19-10-6-5-9-18(19)25-20(21(28)29)27-13-11-15(12-14-27)24-22(30)26-17-8-4-3-7-16(17)23/h3-10,15H,2,11-14H2,1H3,(H2,24,26,30). The molecule has 7 nitrogen and oxygen atoms in total. The van der Waals surface area contributed by atoms with E-state index < -0.39 is 0 Å². The van der Waals surface area contributed by atoms with Gasteiger partial charge in [-0.25, -0.2) is 9.78 Å². The van der Waals surface area contributed by atoms with Crippen LogP contribution >= 0.6 is 11.6 Å². The summed E-state index contributed by atoms with van der Waals surface area (Å²) in [7, 11) is 0. The van der Waals surface area contributed by atoms with Crippen molar-refractivity contribution in [1.29, 1.82) is 0 Å². The van der Waals surface area contributed by atoms with E-state index in [2.05, 4.69) is 15.6 Å². The highest BCUT2D eigenvalue weighted by Gasteiger charge is 2.24. The number of piperidine rings is 1. The number of halogens is 1. The van der Waals surface area contributed by atoms with Gasteiger partial charge in [0, 0.05) is 25.7 Å². The molecule has 4 rings (SSSR count). The van der Waals surface area contributed by atoms with E-state index >= 15 is 0 Å². The number of hydrogen-bond donors (Lipinski definition) is 2. The molecule has 1 aromatic heterocycles. The smallest absolute Gasteiger partial charge is 0.319 e. The predicted molar refractivity (Wildman–Crippen MR) is 121 cm³/mol. The molecule has 2 amide bonds. The van der Waals surface area contributed by atoms with Crippen molar-refractivity contribution in [1.82, 2.24) is 14.9 Å². The summed E-state index contributed by atoms with van der Waals surface area (Å²) in [5, 5.41) is 6.27. The van der Waals surface area contributed by atoms with Crippen LogP contribution in [0.25, 0.3) is 11.0 Å². The van der Waals surface area contributed by atoms with Crippen LogP contribution in [0.2, 0.25) is 5.02 Å². The van der Waals surface area contributed by atoms with Gasteiger partial charge in [0.15, 0.2) is 5.82 Å². The van der Waals surface area contributed by atoms with E-state index in [-0.39, 0.29) is 17.6 Å². The quantitative estimate of drug-likeness (QED) is 0.665. The second-order valence-electron chi connectivity index (χ2n) is 7.31. The number of aryl methyl sites for hydroxylation is 1. The Labute approximate surface area is 179 Å². The molecule has 0 spiro atoms. The Morgan fingerprint density at radius 2 is 1.83 bits per heavy atom. The van der Waals surface area contributed by atoms with Gasteiger partial charge in [0.2, 0.25) is 0 Å². The topological polar surface area (TPSA) is 79.3 Å². The number of amides is 2. The number of carbonyl (C=O) groups excluding carboxylic acids is 1. The number of fused-ring (bicyclic) bond motifs is 1. The van der Waals surface area contributed by atoms with E-state index in [4.69, 9.17) is 11.6 Å². The summed E-state index contributed by atoms with van der Waals surface area (Å²) >= 11 is 6.09. The number of nitrogens with one attached hydrogen (secondary N) is 2. The van der Waals surface area contributed by atoms with Crippen molar-refractivity contribution in [2.45, 2.75) is 32.4 Å². The molecule has 0 bridgehead atoms. The number of aromatic nitrogens is 2. The molecule has 1 fully saturated rings. The summed E-state index contributed by atoms with van der Waals surface area (Å²) in [4.78, 5) is 31.9. The van der Waals surface area contributed by atoms with Gasteiger partial charge in [-0.15, -0.1) is 0 Å². The zero-order valence-corrected chi connectivity index (χ0v) is 17.5. The summed E-state index contributed by atoms with van der Waals surface area (Å²) in [6, 6.07) is 14.6. The van der Waals surface area contributed by atoms with Gasteiger partial charge in [-0.05, 0) is 44.0 Å². The number of urea groups is 1. The van der Waals surface area contributed by atoms with E-state index in [0.717, 1.165) is 23.9 Å². The Balaban J connectivity index is 1.42. The lowest BCUT2D eigenvalue weighted by molar-refractivity contribution is 0.246. The molecule has 0 radical (unpaired) electrons. The third-order valence-corrected chi connectivity index (χ3v) is 5.73. The third kappa shape index (κ3) is 4.11. The average Bonchev–Trinajstić information content (AvgIpc) is 2.75. The molecule has 1 aliphatic rings. The van der Waals surface area contributed by atoms with Crippen molar-refractivity contribution in [2.75, 3.05) is 23.3 Å². The van der Waals surface area contributed by atoms with Gasteiger partial charge in [0.25, 0.3) is 5.56 Å². The van der Waals surface area contributed by atoms with Gasteiger partial charge < -0.3 is 20.1 Å². The lowest BCUT2D eigenvalue weighted by Crippen LogP contribution is -2.47. The van der Waals surface area contributed by atoms with Crippen LogP contribution < -0.4 is 21.1 Å². The van der Waals surface area contributed by atoms with Gasteiger partial charge in [-0.3, -0.25) is 4.79 Å². The molecule has 2 aromatic carbocycles. The molecule has 156 valence electrons. The molecule has 0 aliphatic carbocycles. The third-order valence-electron chi connectivity index (χ3n) is 5.40. The molecular weight excluding hydrogens is 402 g/mol. The summed E-state index contributed by atoms with van der Waals surface area (Å²) in [6.45, 7) is 3.86. The van der Waals surface area contributed by atoms with Crippen LogP contribution in [0, 0.1) is 0 Å². The largest absolute Gasteiger partial charge is 0.352 e. The maximum Gasteiger partial charge on any atom is 0.319 e. The highest BCUT2D eigenvalue weighted by atomic mass is 35.5. The van der Waals surface area contributed by atoms with E-state index in [9.17, 15) is 9.59 Å². The molecule has 1 aliphatic heterocycles. The van der Waals surface area contributed by atoms with Crippen LogP contribution in [0.3, 0.4) is 0 Å². The van der Waals surface area contributed by atoms with E-state index in [1.807, 2.05) is 48.2 Å². The first-order chi connectivity index (χ1) is 14.6. The summed E-state index contributed by atoms with van der Waals surface area (Å²) in [5.41, 5.74) is 2.17. The minimum Gasteiger partial charge on any atom is -0.352 e. The second-order valence-corrected chi connectivity index (χ2v) is 7.72. The van der Waals surface area contributed by atoms with Crippen molar-refractivity contribution in [3.8, 4) is 0 Å². The van der Waals surface area contributed by atoms with Gasteiger partial charge in [0.1, 0.15) is 0 Å². The van der Waals surface area contributed by atoms with Crippen molar-refractivity contribution in [3.05, 3.63) is 63.9 Å². The fourth-order valence-corrected chi connectivity index (χ4v) is 4.02. The van der Waals surface area contributed by atoms with Gasteiger partial charge in [0.05, 0.1) is 21.7 Å². The summed E-state index contributed by atoms with van der Waals surface area (Å²) in [6.07, 6.45) is 1.46. The van der Waals surface area contributed by atoms with E-state index in [1.165, 1.54) is 0 Å². The Kier molecular flexibility index (Phi) is 5.90. The number of rotatable bonds is 4. The van der Waals surface area contributed by atoms with Crippen molar-refractivity contribution >= 4 is 40.2 Å². The van der Waals surface area contributed by atoms with Crippen molar-refractivity contribution in [3.63, 3.8) is 0 Å². The Hall–Kier alpha value is -3.06. The molecule has 30 heavy (non-hydrogen) atoms. The molecule has 2 heterocycles. The normalized spacial score (nSPS) is 14.7. The second kappa shape index (κ2) is 8.75. The Morgan fingerprint density at radius 1 is 1.13 bits per heavy atom. The van der Waals surface area contributed by atoms with Crippen LogP contribution in [0.5, 0.6) is 0 Å². The zero-order valence-electron chi connectivity index (χ0n) is 16.8. The lowest BCUT2D eigenvalue weighted by atomic mass is 10.1. The maximum absolute atomic E-state index is 13.0. The van der Waals surface area contributed by atoms with Gasteiger partial charge >= 0.3 is 6.03 Å². The highest BCUT2D eigenvalue weighted by molar-refractivity contribution is 6.33. The SMILES string of the molecule is CCn1c(=O)c(N2CCC(NC(=O)Nc3ccccc3Cl)CC2)nc2ccccc21. The van der Waals surface area contributed by atoms with Gasteiger partial charge in [-0.1, -0.05) is 35.9 Å². The van der Waals surface area contributed by atoms with Crippen LogP contribution in [0.1, 0.15) is 19.8 Å². The first kappa shape index (κ1) is 20.2. The van der Waals surface area contributed by atoms with Crippen LogP contribution in [0.15, 0.2) is 53.3 Å². The molecule has 3 aromatic rings. The summed E-state index contributed by atoms with van der Waals surface area (Å²) in [5.74, 6) is 0.481. The number of anilines is 2. The predicted octanol–water partition coefficient (Wildman–Crippen LogP) is 3.86. The molecule has 2 N–H and O–H groups in total. The van der Waals surface area contributed by atoms with Crippen LogP contribution in [-0.4, -0.2) is 34.7 Å². The maximum atomic E-state index is 13.0. The molecule has 0 atom stereocenters. The molecule has 8 heteroatoms. The molecular formula is C22H24ClN5O2. The van der Waals surface area contributed by atoms with E-state index in [1.54, 1.807) is 16.7 Å². The highest BCUT2D eigenvalue weighted by Crippen LogP contribution is 2.21. The average molecular weight is 426 g/mol. The number of hydrogen-bond acceptors (Lipinski definition) is 4. The number of para-hydroxylation sites is 3. The van der Waals surface area contributed by atoms with E-state index in [0.29, 0.717) is 36.2 Å². The monoisotopic (exact) mass is 425 g/mol. The molecule has 0 saturated carbocycles. The van der Waals surface area contributed by atoms with Crippen LogP contribution in [0.4, 0.5) is 16.3 Å². The minimum absolute atomic E-state index is 0.0256. The molecule has 1 saturated heterocycles. The Bertz CT molecular complexity index is 1120. The fourth-order valence-electron chi connectivity index (χ4n) is 3.84. The first-order valence-corrected chi connectivity index (χ1v) is 10.5. The Morgan fingerprint density at radius 3 is 2.57 bits per heavy atom. The van der Waals surface area contributed by atoms with Crippen LogP contribution in [-0.2, 0) is 6.54 Å².